The number of ketones is 1. The largest absolute Gasteiger partial charge is 0.497 e. The van der Waals surface area contributed by atoms with Gasteiger partial charge in [0.15, 0.2) is 5.78 Å². The number of rotatable bonds is 6. The molecule has 2 aromatic rings. The summed E-state index contributed by atoms with van der Waals surface area (Å²) in [5.74, 6) is 0.246. The molecule has 1 aliphatic rings. The number of ether oxygens (including phenoxy) is 2. The molecule has 0 N–H and O–H groups in total. The third kappa shape index (κ3) is 4.21. The van der Waals surface area contributed by atoms with Gasteiger partial charge >= 0.3 is 0 Å². The summed E-state index contributed by atoms with van der Waals surface area (Å²) in [6.07, 6.45) is 1.55. The predicted octanol–water partition coefficient (Wildman–Crippen LogP) is 4.28. The molecule has 0 spiro atoms. The molecule has 0 atom stereocenters. The third-order valence-electron chi connectivity index (χ3n) is 4.06. The highest BCUT2D eigenvalue weighted by Crippen LogP contribution is 2.35. The number of amides is 2. The molecule has 1 heterocycles. The van der Waals surface area contributed by atoms with Crippen molar-refractivity contribution in [1.82, 2.24) is 4.90 Å². The minimum Gasteiger partial charge on any atom is -0.497 e. The highest BCUT2D eigenvalue weighted by atomic mass is 35.5. The summed E-state index contributed by atoms with van der Waals surface area (Å²) < 4.78 is 10.5. The van der Waals surface area contributed by atoms with Crippen molar-refractivity contribution >= 4 is 46.4 Å². The van der Waals surface area contributed by atoms with Crippen LogP contribution in [-0.2, 0) is 4.79 Å². The van der Waals surface area contributed by atoms with Crippen molar-refractivity contribution in [3.8, 4) is 11.5 Å². The smallest absolute Gasteiger partial charge is 0.293 e. The van der Waals surface area contributed by atoms with E-state index in [-0.39, 0.29) is 17.2 Å². The second-order valence-electron chi connectivity index (χ2n) is 5.81. The van der Waals surface area contributed by atoms with Gasteiger partial charge in [0, 0.05) is 16.1 Å². The zero-order chi connectivity index (χ0) is 20.3. The van der Waals surface area contributed by atoms with Gasteiger partial charge in [-0.1, -0.05) is 11.6 Å². The summed E-state index contributed by atoms with van der Waals surface area (Å²) in [6, 6.07) is 11.4. The van der Waals surface area contributed by atoms with Crippen LogP contribution in [-0.4, -0.2) is 42.6 Å². The second kappa shape index (κ2) is 8.50. The summed E-state index contributed by atoms with van der Waals surface area (Å²) in [5.41, 5.74) is 0.971. The standard InChI is InChI=1S/C20H16ClNO5S/c1-26-15-7-8-17(27-2)13(9-15)10-18-19(24)22(20(25)28-18)11-16(23)12-3-5-14(21)6-4-12/h3-10H,11H2,1-2H3/b18-10+. The van der Waals surface area contributed by atoms with Crippen molar-refractivity contribution in [2.24, 2.45) is 0 Å². The van der Waals surface area contributed by atoms with Crippen molar-refractivity contribution in [2.45, 2.75) is 0 Å². The molecule has 8 heteroatoms. The van der Waals surface area contributed by atoms with E-state index in [1.807, 2.05) is 0 Å². The van der Waals surface area contributed by atoms with Crippen LogP contribution in [0.5, 0.6) is 11.5 Å². The monoisotopic (exact) mass is 417 g/mol. The van der Waals surface area contributed by atoms with Crippen molar-refractivity contribution in [2.75, 3.05) is 20.8 Å². The number of carbonyl (C=O) groups excluding carboxylic acids is 3. The molecule has 3 rings (SSSR count). The average Bonchev–Trinajstić information content (AvgIpc) is 2.95. The summed E-state index contributed by atoms with van der Waals surface area (Å²) in [7, 11) is 3.04. The Morgan fingerprint density at radius 1 is 1.11 bits per heavy atom. The normalized spacial score (nSPS) is 15.2. The van der Waals surface area contributed by atoms with Gasteiger partial charge in [-0.3, -0.25) is 19.3 Å². The minimum absolute atomic E-state index is 0.209. The zero-order valence-corrected chi connectivity index (χ0v) is 16.7. The Morgan fingerprint density at radius 3 is 2.46 bits per heavy atom. The van der Waals surface area contributed by atoms with Gasteiger partial charge in [-0.05, 0) is 60.3 Å². The fourth-order valence-electron chi connectivity index (χ4n) is 2.60. The molecule has 0 aromatic heterocycles. The van der Waals surface area contributed by atoms with Crippen LogP contribution >= 0.6 is 23.4 Å². The first-order chi connectivity index (χ1) is 13.4. The average molecular weight is 418 g/mol. The molecule has 0 radical (unpaired) electrons. The van der Waals surface area contributed by atoms with Gasteiger partial charge in [-0.15, -0.1) is 0 Å². The van der Waals surface area contributed by atoms with Crippen molar-refractivity contribution in [1.29, 1.82) is 0 Å². The molecular weight excluding hydrogens is 402 g/mol. The van der Waals surface area contributed by atoms with E-state index in [9.17, 15) is 14.4 Å². The molecule has 144 valence electrons. The number of halogens is 1. The number of hydrogen-bond donors (Lipinski definition) is 0. The number of thioether (sulfide) groups is 1. The predicted molar refractivity (Wildman–Crippen MR) is 108 cm³/mol. The van der Waals surface area contributed by atoms with Crippen LogP contribution in [0.2, 0.25) is 5.02 Å². The first-order valence-corrected chi connectivity index (χ1v) is 9.38. The zero-order valence-electron chi connectivity index (χ0n) is 15.1. The van der Waals surface area contributed by atoms with E-state index in [0.29, 0.717) is 27.6 Å². The van der Waals surface area contributed by atoms with Crippen LogP contribution in [0.4, 0.5) is 4.79 Å². The van der Waals surface area contributed by atoms with Gasteiger partial charge in [-0.25, -0.2) is 0 Å². The molecule has 0 bridgehead atoms. The molecular formula is C20H16ClNO5S. The molecule has 28 heavy (non-hydrogen) atoms. The first kappa shape index (κ1) is 20.0. The fraction of sp³-hybridized carbons (Fsp3) is 0.150. The lowest BCUT2D eigenvalue weighted by atomic mass is 10.1. The number of imide groups is 1. The van der Waals surface area contributed by atoms with E-state index >= 15 is 0 Å². The lowest BCUT2D eigenvalue weighted by Crippen LogP contribution is -2.33. The number of benzene rings is 2. The van der Waals surface area contributed by atoms with Gasteiger partial charge in [0.05, 0.1) is 25.7 Å². The number of nitrogens with zero attached hydrogens (tertiary/aromatic N) is 1. The second-order valence-corrected chi connectivity index (χ2v) is 7.24. The van der Waals surface area contributed by atoms with Gasteiger partial charge in [0.1, 0.15) is 11.5 Å². The molecule has 1 fully saturated rings. The lowest BCUT2D eigenvalue weighted by Gasteiger charge is -2.11. The number of carbonyl (C=O) groups is 3. The maximum atomic E-state index is 12.7. The quantitative estimate of drug-likeness (QED) is 0.516. The molecule has 1 aliphatic heterocycles. The Hall–Kier alpha value is -2.77. The Kier molecular flexibility index (Phi) is 6.06. The minimum atomic E-state index is -0.526. The van der Waals surface area contributed by atoms with Gasteiger partial charge in [0.25, 0.3) is 11.1 Å². The molecule has 1 saturated heterocycles. The lowest BCUT2D eigenvalue weighted by molar-refractivity contribution is -0.122. The van der Waals surface area contributed by atoms with E-state index in [0.717, 1.165) is 16.7 Å². The van der Waals surface area contributed by atoms with Crippen molar-refractivity contribution < 1.29 is 23.9 Å². The van der Waals surface area contributed by atoms with Gasteiger partial charge in [-0.2, -0.15) is 0 Å². The summed E-state index contributed by atoms with van der Waals surface area (Å²) >= 11 is 6.59. The van der Waals surface area contributed by atoms with E-state index in [2.05, 4.69) is 0 Å². The molecule has 0 aliphatic carbocycles. The molecule has 6 nitrogen and oxygen atoms in total. The van der Waals surface area contributed by atoms with Crippen LogP contribution in [0.15, 0.2) is 47.4 Å². The van der Waals surface area contributed by atoms with Crippen LogP contribution in [0.3, 0.4) is 0 Å². The topological polar surface area (TPSA) is 72.9 Å². The molecule has 0 unspecified atom stereocenters. The Bertz CT molecular complexity index is 971. The first-order valence-electron chi connectivity index (χ1n) is 8.19. The number of methoxy groups -OCH3 is 2. The summed E-state index contributed by atoms with van der Waals surface area (Å²) in [6.45, 7) is -0.334. The SMILES string of the molecule is COc1ccc(OC)c(/C=C2/SC(=O)N(CC(=O)c3ccc(Cl)cc3)C2=O)c1. The van der Waals surface area contributed by atoms with E-state index in [1.54, 1.807) is 48.5 Å². The van der Waals surface area contributed by atoms with Crippen LogP contribution in [0.25, 0.3) is 6.08 Å². The third-order valence-corrected chi connectivity index (χ3v) is 5.22. The Labute approximate surface area is 171 Å². The van der Waals surface area contributed by atoms with Crippen LogP contribution in [0, 0.1) is 0 Å². The van der Waals surface area contributed by atoms with E-state index < -0.39 is 11.1 Å². The van der Waals surface area contributed by atoms with E-state index in [1.165, 1.54) is 14.2 Å². The van der Waals surface area contributed by atoms with Crippen LogP contribution < -0.4 is 9.47 Å². The van der Waals surface area contributed by atoms with E-state index in [4.69, 9.17) is 21.1 Å². The number of hydrogen-bond acceptors (Lipinski definition) is 6. The van der Waals surface area contributed by atoms with Gasteiger partial charge < -0.3 is 9.47 Å². The summed E-state index contributed by atoms with van der Waals surface area (Å²) in [4.78, 5) is 38.5. The molecule has 0 saturated carbocycles. The van der Waals surface area contributed by atoms with Crippen molar-refractivity contribution in [3.05, 3.63) is 63.5 Å². The fourth-order valence-corrected chi connectivity index (χ4v) is 3.56. The Morgan fingerprint density at radius 2 is 1.82 bits per heavy atom. The highest BCUT2D eigenvalue weighted by Gasteiger charge is 2.36. The number of Topliss-reactive ketones (excluding diaryl/α,β-unsaturated/α-hetero) is 1. The Balaban J connectivity index is 1.82. The highest BCUT2D eigenvalue weighted by molar-refractivity contribution is 8.18. The van der Waals surface area contributed by atoms with Gasteiger partial charge in [0.2, 0.25) is 0 Å². The molecule has 2 amide bonds. The van der Waals surface area contributed by atoms with Crippen molar-refractivity contribution in [3.63, 3.8) is 0 Å². The summed E-state index contributed by atoms with van der Waals surface area (Å²) in [5, 5.41) is -0.00156. The molecule has 2 aromatic carbocycles. The van der Waals surface area contributed by atoms with Crippen LogP contribution in [0.1, 0.15) is 15.9 Å². The maximum Gasteiger partial charge on any atom is 0.293 e. The maximum absolute atomic E-state index is 12.7.